The summed E-state index contributed by atoms with van der Waals surface area (Å²) in [5.41, 5.74) is 0. The summed E-state index contributed by atoms with van der Waals surface area (Å²) in [7, 11) is 1.66. The molecule has 16 heavy (non-hydrogen) atoms. The second-order valence-corrected chi connectivity index (χ2v) is 4.97. The zero-order valence-electron chi connectivity index (χ0n) is 9.73. The van der Waals surface area contributed by atoms with Gasteiger partial charge in [0.15, 0.2) is 0 Å². The number of rotatable bonds is 4. The number of carbonyl (C=O) groups is 1. The van der Waals surface area contributed by atoms with E-state index in [2.05, 4.69) is 10.3 Å². The summed E-state index contributed by atoms with van der Waals surface area (Å²) >= 11 is 1.56. The van der Waals surface area contributed by atoms with Crippen LogP contribution in [-0.4, -0.2) is 40.7 Å². The molecule has 1 aromatic rings. The Hall–Kier alpha value is -1.14. The van der Waals surface area contributed by atoms with E-state index in [0.717, 1.165) is 9.88 Å². The van der Waals surface area contributed by atoms with Crippen molar-refractivity contribution >= 4 is 17.4 Å². The lowest BCUT2D eigenvalue weighted by Crippen LogP contribution is -2.43. The average molecular weight is 243 g/mol. The number of carbonyl (C=O) groups excluding carboxylic acids is 1. The van der Waals surface area contributed by atoms with E-state index in [-0.39, 0.29) is 18.7 Å². The zero-order chi connectivity index (χ0) is 12.1. The predicted octanol–water partition coefficient (Wildman–Crippen LogP) is 0.974. The number of aromatic nitrogens is 1. The highest BCUT2D eigenvalue weighted by Gasteiger charge is 2.14. The fraction of sp³-hybridized carbons (Fsp3) is 0.600. The highest BCUT2D eigenvalue weighted by molar-refractivity contribution is 7.11. The van der Waals surface area contributed by atoms with E-state index < -0.39 is 0 Å². The van der Waals surface area contributed by atoms with Crippen molar-refractivity contribution in [1.82, 2.24) is 15.2 Å². The summed E-state index contributed by atoms with van der Waals surface area (Å²) < 4.78 is 0. The maximum absolute atomic E-state index is 11.6. The number of hydrogen-bond donors (Lipinski definition) is 2. The number of likely N-dealkylation sites (N-methyl/N-ethyl adjacent to an activating group) is 1. The van der Waals surface area contributed by atoms with Crippen LogP contribution in [0.5, 0.6) is 0 Å². The van der Waals surface area contributed by atoms with E-state index in [1.165, 1.54) is 4.90 Å². The standard InChI is InChI=1S/C10H17N3O2S/c1-7(6-14)13(3)10(15)12-5-9-4-11-8(2)16-9/h4,7,14H,5-6H2,1-3H3,(H,12,15). The van der Waals surface area contributed by atoms with Crippen LogP contribution in [0.15, 0.2) is 6.20 Å². The highest BCUT2D eigenvalue weighted by atomic mass is 32.1. The van der Waals surface area contributed by atoms with Gasteiger partial charge in [0.1, 0.15) is 0 Å². The number of aliphatic hydroxyl groups excluding tert-OH is 1. The van der Waals surface area contributed by atoms with Crippen molar-refractivity contribution in [2.75, 3.05) is 13.7 Å². The Kier molecular flexibility index (Phi) is 4.70. The van der Waals surface area contributed by atoms with Crippen molar-refractivity contribution < 1.29 is 9.90 Å². The Labute approximate surface area is 99.1 Å². The summed E-state index contributed by atoms with van der Waals surface area (Å²) in [4.78, 5) is 18.2. The molecule has 90 valence electrons. The van der Waals surface area contributed by atoms with Gasteiger partial charge in [0, 0.05) is 18.1 Å². The first-order chi connectivity index (χ1) is 7.54. The van der Waals surface area contributed by atoms with Crippen LogP contribution in [0.3, 0.4) is 0 Å². The number of amides is 2. The van der Waals surface area contributed by atoms with Crippen LogP contribution in [0.25, 0.3) is 0 Å². The molecular weight excluding hydrogens is 226 g/mol. The molecule has 0 bridgehead atoms. The Morgan fingerprint density at radius 3 is 2.94 bits per heavy atom. The Morgan fingerprint density at radius 1 is 1.75 bits per heavy atom. The lowest BCUT2D eigenvalue weighted by atomic mass is 10.3. The van der Waals surface area contributed by atoms with Gasteiger partial charge in [-0.15, -0.1) is 11.3 Å². The van der Waals surface area contributed by atoms with Crippen LogP contribution in [0, 0.1) is 6.92 Å². The minimum absolute atomic E-state index is 0.0381. The summed E-state index contributed by atoms with van der Waals surface area (Å²) in [6.07, 6.45) is 1.76. The molecule has 0 fully saturated rings. The van der Waals surface area contributed by atoms with Gasteiger partial charge in [-0.1, -0.05) is 0 Å². The molecular formula is C10H17N3O2S. The van der Waals surface area contributed by atoms with Gasteiger partial charge in [-0.3, -0.25) is 0 Å². The molecule has 0 saturated heterocycles. The number of urea groups is 1. The Morgan fingerprint density at radius 2 is 2.44 bits per heavy atom. The van der Waals surface area contributed by atoms with Crippen LogP contribution in [0.2, 0.25) is 0 Å². The van der Waals surface area contributed by atoms with Gasteiger partial charge in [0.2, 0.25) is 0 Å². The molecule has 0 saturated carbocycles. The fourth-order valence-electron chi connectivity index (χ4n) is 1.10. The van der Waals surface area contributed by atoms with Crippen molar-refractivity contribution in [2.24, 2.45) is 0 Å². The smallest absolute Gasteiger partial charge is 0.317 e. The first-order valence-corrected chi connectivity index (χ1v) is 5.89. The van der Waals surface area contributed by atoms with Gasteiger partial charge in [-0.2, -0.15) is 0 Å². The molecule has 1 heterocycles. The van der Waals surface area contributed by atoms with Gasteiger partial charge in [0.25, 0.3) is 0 Å². The maximum Gasteiger partial charge on any atom is 0.317 e. The highest BCUT2D eigenvalue weighted by Crippen LogP contribution is 2.10. The molecule has 0 spiro atoms. The monoisotopic (exact) mass is 243 g/mol. The molecule has 0 aliphatic carbocycles. The predicted molar refractivity (Wildman–Crippen MR) is 63.4 cm³/mol. The van der Waals surface area contributed by atoms with Crippen LogP contribution in [0.4, 0.5) is 4.79 Å². The van der Waals surface area contributed by atoms with Crippen LogP contribution < -0.4 is 5.32 Å². The topological polar surface area (TPSA) is 65.5 Å². The number of aryl methyl sites for hydroxylation is 1. The molecule has 2 amide bonds. The molecule has 1 aromatic heterocycles. The fourth-order valence-corrected chi connectivity index (χ4v) is 1.83. The van der Waals surface area contributed by atoms with Crippen molar-refractivity contribution in [3.8, 4) is 0 Å². The van der Waals surface area contributed by atoms with Gasteiger partial charge in [-0.05, 0) is 13.8 Å². The van der Waals surface area contributed by atoms with E-state index in [1.54, 1.807) is 31.5 Å². The number of thiazole rings is 1. The third-order valence-electron chi connectivity index (χ3n) is 2.33. The molecule has 0 radical (unpaired) electrons. The van der Waals surface area contributed by atoms with E-state index in [4.69, 9.17) is 5.11 Å². The van der Waals surface area contributed by atoms with Gasteiger partial charge in [0.05, 0.1) is 24.2 Å². The second-order valence-electron chi connectivity index (χ2n) is 3.65. The minimum Gasteiger partial charge on any atom is -0.394 e. The molecule has 5 nitrogen and oxygen atoms in total. The summed E-state index contributed by atoms with van der Waals surface area (Å²) in [6.45, 7) is 4.16. The van der Waals surface area contributed by atoms with Gasteiger partial charge < -0.3 is 15.3 Å². The van der Waals surface area contributed by atoms with E-state index in [1.807, 2.05) is 6.92 Å². The molecule has 2 N–H and O–H groups in total. The molecule has 1 atom stereocenters. The Bertz CT molecular complexity index is 354. The van der Waals surface area contributed by atoms with Crippen molar-refractivity contribution in [3.63, 3.8) is 0 Å². The summed E-state index contributed by atoms with van der Waals surface area (Å²) in [6, 6.07) is -0.365. The van der Waals surface area contributed by atoms with Gasteiger partial charge >= 0.3 is 6.03 Å². The first-order valence-electron chi connectivity index (χ1n) is 5.07. The SMILES string of the molecule is Cc1ncc(CNC(=O)N(C)C(C)CO)s1. The van der Waals surface area contributed by atoms with E-state index in [9.17, 15) is 4.79 Å². The number of nitrogens with zero attached hydrogens (tertiary/aromatic N) is 2. The lowest BCUT2D eigenvalue weighted by molar-refractivity contribution is 0.157. The average Bonchev–Trinajstić information content (AvgIpc) is 2.69. The number of hydrogen-bond acceptors (Lipinski definition) is 4. The first kappa shape index (κ1) is 12.9. The molecule has 1 unspecified atom stereocenters. The molecule has 1 rings (SSSR count). The number of nitrogens with one attached hydrogen (secondary N) is 1. The quantitative estimate of drug-likeness (QED) is 0.828. The molecule has 0 aliphatic heterocycles. The largest absolute Gasteiger partial charge is 0.394 e. The van der Waals surface area contributed by atoms with Crippen molar-refractivity contribution in [2.45, 2.75) is 26.4 Å². The number of aliphatic hydroxyl groups is 1. The minimum atomic E-state index is -0.187. The van der Waals surface area contributed by atoms with Crippen molar-refractivity contribution in [1.29, 1.82) is 0 Å². The zero-order valence-corrected chi connectivity index (χ0v) is 10.5. The molecule has 0 aromatic carbocycles. The second kappa shape index (κ2) is 5.81. The third-order valence-corrected chi connectivity index (χ3v) is 3.24. The van der Waals surface area contributed by atoms with E-state index >= 15 is 0 Å². The van der Waals surface area contributed by atoms with E-state index in [0.29, 0.717) is 6.54 Å². The van der Waals surface area contributed by atoms with Gasteiger partial charge in [-0.25, -0.2) is 9.78 Å². The lowest BCUT2D eigenvalue weighted by Gasteiger charge is -2.23. The summed E-state index contributed by atoms with van der Waals surface area (Å²) in [5, 5.41) is 12.7. The summed E-state index contributed by atoms with van der Waals surface area (Å²) in [5.74, 6) is 0. The normalized spacial score (nSPS) is 12.2. The van der Waals surface area contributed by atoms with Crippen LogP contribution in [0.1, 0.15) is 16.8 Å². The van der Waals surface area contributed by atoms with Crippen molar-refractivity contribution in [3.05, 3.63) is 16.1 Å². The Balaban J connectivity index is 2.40. The maximum atomic E-state index is 11.6. The van der Waals surface area contributed by atoms with Crippen LogP contribution in [-0.2, 0) is 6.54 Å². The molecule has 0 aliphatic rings. The molecule has 6 heteroatoms. The van der Waals surface area contributed by atoms with Crippen LogP contribution >= 0.6 is 11.3 Å². The third kappa shape index (κ3) is 3.46.